The Bertz CT molecular complexity index is 918. The molecule has 0 unspecified atom stereocenters. The molecule has 0 aliphatic carbocycles. The van der Waals surface area contributed by atoms with E-state index in [0.29, 0.717) is 12.2 Å². The molecule has 1 aromatic heterocycles. The van der Waals surface area contributed by atoms with Crippen molar-refractivity contribution in [3.8, 4) is 0 Å². The van der Waals surface area contributed by atoms with Crippen molar-refractivity contribution in [2.75, 3.05) is 24.2 Å². The monoisotopic (exact) mass is 326 g/mol. The van der Waals surface area contributed by atoms with Gasteiger partial charge in [-0.25, -0.2) is 0 Å². The summed E-state index contributed by atoms with van der Waals surface area (Å²) in [6.45, 7) is 0.721. The number of hydrogen-bond acceptors (Lipinski definition) is 4. The number of carbonyl (C=O) groups excluding carboxylic acids is 2. The summed E-state index contributed by atoms with van der Waals surface area (Å²) < 4.78 is 5.77. The standard InChI is InChI=1S/C17H14N2O3S/c20-16(10-19-7-8-23-17(19)21)18-11-5-6-15-13(9-11)12-3-1-2-4-14(12)22-15/h1-6,9H,7-8,10H2,(H,18,20). The zero-order valence-corrected chi connectivity index (χ0v) is 13.1. The Hall–Kier alpha value is -2.47. The Kier molecular flexibility index (Phi) is 3.46. The van der Waals surface area contributed by atoms with Gasteiger partial charge in [-0.1, -0.05) is 30.0 Å². The Morgan fingerprint density at radius 3 is 2.83 bits per heavy atom. The molecule has 0 bridgehead atoms. The van der Waals surface area contributed by atoms with E-state index in [1.165, 1.54) is 11.8 Å². The van der Waals surface area contributed by atoms with Crippen LogP contribution in [0.1, 0.15) is 0 Å². The van der Waals surface area contributed by atoms with Crippen molar-refractivity contribution in [1.29, 1.82) is 0 Å². The van der Waals surface area contributed by atoms with E-state index in [2.05, 4.69) is 5.32 Å². The van der Waals surface area contributed by atoms with Crippen LogP contribution in [0.2, 0.25) is 0 Å². The first-order valence-electron chi connectivity index (χ1n) is 7.33. The second kappa shape index (κ2) is 5.62. The molecule has 23 heavy (non-hydrogen) atoms. The largest absolute Gasteiger partial charge is 0.456 e. The summed E-state index contributed by atoms with van der Waals surface area (Å²) in [7, 11) is 0. The number of benzene rings is 2. The van der Waals surface area contributed by atoms with Gasteiger partial charge in [-0.05, 0) is 24.3 Å². The Morgan fingerprint density at radius 2 is 2.00 bits per heavy atom. The number of nitrogens with one attached hydrogen (secondary N) is 1. The predicted molar refractivity (Wildman–Crippen MR) is 91.8 cm³/mol. The van der Waals surface area contributed by atoms with E-state index in [9.17, 15) is 9.59 Å². The topological polar surface area (TPSA) is 62.6 Å². The van der Waals surface area contributed by atoms with Crippen molar-refractivity contribution in [3.63, 3.8) is 0 Å². The maximum atomic E-state index is 12.1. The van der Waals surface area contributed by atoms with E-state index in [1.807, 2.05) is 42.5 Å². The average molecular weight is 326 g/mol. The summed E-state index contributed by atoms with van der Waals surface area (Å²) in [5.74, 6) is 0.562. The van der Waals surface area contributed by atoms with Crippen LogP contribution in [-0.2, 0) is 4.79 Å². The fraction of sp³-hybridized carbons (Fsp3) is 0.176. The molecule has 2 aromatic carbocycles. The molecule has 0 spiro atoms. The quantitative estimate of drug-likeness (QED) is 0.797. The average Bonchev–Trinajstić information content (AvgIpc) is 3.11. The number of carbonyl (C=O) groups is 2. The third-order valence-electron chi connectivity index (χ3n) is 3.84. The van der Waals surface area contributed by atoms with E-state index in [0.717, 1.165) is 27.7 Å². The summed E-state index contributed by atoms with van der Waals surface area (Å²) in [4.78, 5) is 25.2. The normalized spacial score (nSPS) is 14.8. The molecule has 0 saturated carbocycles. The molecular weight excluding hydrogens is 312 g/mol. The van der Waals surface area contributed by atoms with Crippen LogP contribution < -0.4 is 5.32 Å². The molecule has 5 nitrogen and oxygen atoms in total. The minimum absolute atomic E-state index is 0.0311. The molecule has 1 aliphatic heterocycles. The summed E-state index contributed by atoms with van der Waals surface area (Å²) >= 11 is 1.25. The second-order valence-electron chi connectivity index (χ2n) is 5.39. The number of fused-ring (bicyclic) bond motifs is 3. The molecule has 6 heteroatoms. The zero-order valence-electron chi connectivity index (χ0n) is 12.2. The van der Waals surface area contributed by atoms with Crippen LogP contribution in [0.25, 0.3) is 21.9 Å². The SMILES string of the molecule is O=C(CN1CCSC1=O)Nc1ccc2oc3ccccc3c2c1. The third-order valence-corrected chi connectivity index (χ3v) is 4.73. The highest BCUT2D eigenvalue weighted by molar-refractivity contribution is 8.13. The van der Waals surface area contributed by atoms with Crippen molar-refractivity contribution in [3.05, 3.63) is 42.5 Å². The fourth-order valence-electron chi connectivity index (χ4n) is 2.75. The van der Waals surface area contributed by atoms with Crippen LogP contribution in [0, 0.1) is 0 Å². The highest BCUT2D eigenvalue weighted by Crippen LogP contribution is 2.30. The lowest BCUT2D eigenvalue weighted by molar-refractivity contribution is -0.116. The van der Waals surface area contributed by atoms with Gasteiger partial charge in [-0.15, -0.1) is 0 Å². The molecule has 1 saturated heterocycles. The lowest BCUT2D eigenvalue weighted by Crippen LogP contribution is -2.33. The first kappa shape index (κ1) is 14.1. The predicted octanol–water partition coefficient (Wildman–Crippen LogP) is 3.69. The number of anilines is 1. The van der Waals surface area contributed by atoms with Crippen LogP contribution in [0.5, 0.6) is 0 Å². The molecule has 3 aromatic rings. The maximum Gasteiger partial charge on any atom is 0.282 e. The van der Waals surface area contributed by atoms with Crippen molar-refractivity contribution >= 4 is 50.5 Å². The molecule has 116 valence electrons. The summed E-state index contributed by atoms with van der Waals surface area (Å²) in [5, 5.41) is 4.80. The molecule has 1 aliphatic rings. The van der Waals surface area contributed by atoms with Gasteiger partial charge in [0.15, 0.2) is 0 Å². The summed E-state index contributed by atoms with van der Waals surface area (Å²) in [5.41, 5.74) is 2.31. The van der Waals surface area contributed by atoms with E-state index in [1.54, 1.807) is 4.90 Å². The van der Waals surface area contributed by atoms with Gasteiger partial charge in [0.25, 0.3) is 5.24 Å². The van der Waals surface area contributed by atoms with Crippen LogP contribution >= 0.6 is 11.8 Å². The first-order chi connectivity index (χ1) is 11.2. The maximum absolute atomic E-state index is 12.1. The number of para-hydroxylation sites is 1. The zero-order chi connectivity index (χ0) is 15.8. The Balaban J connectivity index is 1.58. The van der Waals surface area contributed by atoms with E-state index in [4.69, 9.17) is 4.42 Å². The fourth-order valence-corrected chi connectivity index (χ4v) is 3.57. The van der Waals surface area contributed by atoms with E-state index in [-0.39, 0.29) is 17.7 Å². The van der Waals surface area contributed by atoms with Crippen LogP contribution in [0.15, 0.2) is 46.9 Å². The van der Waals surface area contributed by atoms with Crippen molar-refractivity contribution in [2.45, 2.75) is 0 Å². The van der Waals surface area contributed by atoms with Gasteiger partial charge in [0.1, 0.15) is 17.7 Å². The molecule has 1 fully saturated rings. The van der Waals surface area contributed by atoms with Gasteiger partial charge in [0, 0.05) is 28.8 Å². The lowest BCUT2D eigenvalue weighted by atomic mass is 10.1. The minimum Gasteiger partial charge on any atom is -0.456 e. The smallest absolute Gasteiger partial charge is 0.282 e. The molecule has 4 rings (SSSR count). The van der Waals surface area contributed by atoms with Gasteiger partial charge in [-0.2, -0.15) is 0 Å². The number of amides is 2. The van der Waals surface area contributed by atoms with Gasteiger partial charge < -0.3 is 14.6 Å². The van der Waals surface area contributed by atoms with Crippen molar-refractivity contribution in [1.82, 2.24) is 4.90 Å². The Labute approximate surface area is 136 Å². The van der Waals surface area contributed by atoms with Crippen molar-refractivity contribution < 1.29 is 14.0 Å². The van der Waals surface area contributed by atoms with Crippen molar-refractivity contribution in [2.24, 2.45) is 0 Å². The lowest BCUT2D eigenvalue weighted by Gasteiger charge is -2.14. The second-order valence-corrected chi connectivity index (χ2v) is 6.44. The summed E-state index contributed by atoms with van der Waals surface area (Å²) in [6.07, 6.45) is 0. The van der Waals surface area contributed by atoms with Gasteiger partial charge in [0.2, 0.25) is 5.91 Å². The van der Waals surface area contributed by atoms with E-state index >= 15 is 0 Å². The number of rotatable bonds is 3. The number of furan rings is 1. The highest BCUT2D eigenvalue weighted by Gasteiger charge is 2.23. The van der Waals surface area contributed by atoms with Crippen LogP contribution in [0.4, 0.5) is 10.5 Å². The highest BCUT2D eigenvalue weighted by atomic mass is 32.2. The molecule has 2 heterocycles. The van der Waals surface area contributed by atoms with Gasteiger partial charge >= 0.3 is 0 Å². The number of hydrogen-bond donors (Lipinski definition) is 1. The molecular formula is C17H14N2O3S. The Morgan fingerprint density at radius 1 is 1.17 bits per heavy atom. The van der Waals surface area contributed by atoms with Crippen LogP contribution in [0.3, 0.4) is 0 Å². The van der Waals surface area contributed by atoms with Gasteiger partial charge in [0.05, 0.1) is 0 Å². The molecule has 1 N–H and O–H groups in total. The van der Waals surface area contributed by atoms with E-state index < -0.39 is 0 Å². The molecule has 0 atom stereocenters. The molecule has 2 amide bonds. The van der Waals surface area contributed by atoms with Crippen LogP contribution in [-0.4, -0.2) is 34.9 Å². The summed E-state index contributed by atoms with van der Waals surface area (Å²) in [6, 6.07) is 13.4. The first-order valence-corrected chi connectivity index (χ1v) is 8.32. The third kappa shape index (κ3) is 2.66. The minimum atomic E-state index is -0.187. The number of thioether (sulfide) groups is 1. The number of nitrogens with zero attached hydrogens (tertiary/aromatic N) is 1. The molecule has 0 radical (unpaired) electrons. The van der Waals surface area contributed by atoms with Gasteiger partial charge in [-0.3, -0.25) is 9.59 Å².